The van der Waals surface area contributed by atoms with Crippen molar-refractivity contribution in [1.29, 1.82) is 0 Å². The number of nitrogens with zero attached hydrogens (tertiary/aromatic N) is 2. The lowest BCUT2D eigenvalue weighted by Crippen LogP contribution is -2.15. The van der Waals surface area contributed by atoms with E-state index in [2.05, 4.69) is 22.4 Å². The lowest BCUT2D eigenvalue weighted by atomic mass is 10.1. The van der Waals surface area contributed by atoms with Crippen molar-refractivity contribution in [3.8, 4) is 0 Å². The van der Waals surface area contributed by atoms with Crippen molar-refractivity contribution >= 4 is 5.82 Å². The summed E-state index contributed by atoms with van der Waals surface area (Å²) in [6.07, 6.45) is 4.42. The largest absolute Gasteiger partial charge is 0.363 e. The molecular weight excluding hydrogens is 174 g/mol. The van der Waals surface area contributed by atoms with Crippen LogP contribution in [0, 0.1) is 0 Å². The van der Waals surface area contributed by atoms with E-state index in [1.54, 1.807) is 0 Å². The van der Waals surface area contributed by atoms with E-state index in [-0.39, 0.29) is 0 Å². The van der Waals surface area contributed by atoms with Crippen molar-refractivity contribution in [2.24, 2.45) is 0 Å². The van der Waals surface area contributed by atoms with Crippen LogP contribution in [0.2, 0.25) is 0 Å². The highest BCUT2D eigenvalue weighted by Gasteiger charge is 2.16. The maximum atomic E-state index is 4.31. The molecule has 1 atom stereocenters. The third-order valence-corrected chi connectivity index (χ3v) is 2.69. The van der Waals surface area contributed by atoms with Crippen LogP contribution in [0.4, 0.5) is 5.82 Å². The summed E-state index contributed by atoms with van der Waals surface area (Å²) in [5.41, 5.74) is 1.36. The standard InChI is InChI=1S/C11H17N3/c1-14(2)11-8-9(5-7-13-11)10-4-3-6-12-10/h5,7-8,10,12H,3-4,6H2,1-2H3/t10-/m1/s1. The Morgan fingerprint density at radius 2 is 2.36 bits per heavy atom. The lowest BCUT2D eigenvalue weighted by Gasteiger charge is -2.15. The summed E-state index contributed by atoms with van der Waals surface area (Å²) in [6, 6.07) is 4.82. The van der Waals surface area contributed by atoms with Crippen molar-refractivity contribution < 1.29 is 0 Å². The first-order valence-electron chi connectivity index (χ1n) is 5.14. The molecule has 76 valence electrons. The van der Waals surface area contributed by atoms with Gasteiger partial charge in [-0.3, -0.25) is 0 Å². The minimum Gasteiger partial charge on any atom is -0.363 e. The Morgan fingerprint density at radius 1 is 1.50 bits per heavy atom. The van der Waals surface area contributed by atoms with Gasteiger partial charge < -0.3 is 10.2 Å². The van der Waals surface area contributed by atoms with Gasteiger partial charge >= 0.3 is 0 Å². The molecule has 2 heterocycles. The second-order valence-corrected chi connectivity index (χ2v) is 3.99. The predicted molar refractivity (Wildman–Crippen MR) is 58.5 cm³/mol. The van der Waals surface area contributed by atoms with E-state index in [9.17, 15) is 0 Å². The Morgan fingerprint density at radius 3 is 3.00 bits per heavy atom. The summed E-state index contributed by atoms with van der Waals surface area (Å²) in [6.45, 7) is 1.14. The Bertz CT molecular complexity index is 303. The van der Waals surface area contributed by atoms with Crippen LogP contribution < -0.4 is 10.2 Å². The molecule has 1 fully saturated rings. The summed E-state index contributed by atoms with van der Waals surface area (Å²) in [4.78, 5) is 6.35. The molecule has 1 N–H and O–H groups in total. The fraction of sp³-hybridized carbons (Fsp3) is 0.545. The van der Waals surface area contributed by atoms with Gasteiger partial charge in [0, 0.05) is 26.3 Å². The Labute approximate surface area is 85.1 Å². The van der Waals surface area contributed by atoms with Gasteiger partial charge in [0.15, 0.2) is 0 Å². The van der Waals surface area contributed by atoms with Gasteiger partial charge in [-0.25, -0.2) is 4.98 Å². The van der Waals surface area contributed by atoms with Crippen LogP contribution in [0.15, 0.2) is 18.3 Å². The summed E-state index contributed by atoms with van der Waals surface area (Å²) >= 11 is 0. The first-order chi connectivity index (χ1) is 6.77. The second-order valence-electron chi connectivity index (χ2n) is 3.99. The molecule has 2 rings (SSSR count). The van der Waals surface area contributed by atoms with E-state index < -0.39 is 0 Å². The van der Waals surface area contributed by atoms with Crippen molar-refractivity contribution in [1.82, 2.24) is 10.3 Å². The van der Waals surface area contributed by atoms with Crippen molar-refractivity contribution in [2.45, 2.75) is 18.9 Å². The molecule has 1 aromatic rings. The number of hydrogen-bond acceptors (Lipinski definition) is 3. The highest BCUT2D eigenvalue weighted by atomic mass is 15.1. The molecule has 0 aliphatic carbocycles. The monoisotopic (exact) mass is 191 g/mol. The van der Waals surface area contributed by atoms with Crippen LogP contribution in [0.5, 0.6) is 0 Å². The van der Waals surface area contributed by atoms with Gasteiger partial charge in [-0.15, -0.1) is 0 Å². The van der Waals surface area contributed by atoms with Crippen molar-refractivity contribution in [3.63, 3.8) is 0 Å². The number of nitrogens with one attached hydrogen (secondary N) is 1. The summed E-state index contributed by atoms with van der Waals surface area (Å²) in [5.74, 6) is 1.04. The van der Waals surface area contributed by atoms with Gasteiger partial charge in [-0.1, -0.05) is 0 Å². The Hall–Kier alpha value is -1.09. The van der Waals surface area contributed by atoms with Gasteiger partial charge in [-0.2, -0.15) is 0 Å². The van der Waals surface area contributed by atoms with E-state index in [4.69, 9.17) is 0 Å². The zero-order chi connectivity index (χ0) is 9.97. The molecule has 1 saturated heterocycles. The van der Waals surface area contributed by atoms with E-state index in [0.717, 1.165) is 12.4 Å². The Kier molecular flexibility index (Phi) is 2.68. The molecule has 0 spiro atoms. The second kappa shape index (κ2) is 3.96. The molecule has 0 radical (unpaired) electrons. The van der Waals surface area contributed by atoms with E-state index >= 15 is 0 Å². The molecule has 0 bridgehead atoms. The van der Waals surface area contributed by atoms with Crippen LogP contribution in [-0.4, -0.2) is 25.6 Å². The van der Waals surface area contributed by atoms with E-state index in [0.29, 0.717) is 6.04 Å². The molecule has 3 heteroatoms. The van der Waals surface area contributed by atoms with E-state index in [1.807, 2.05) is 25.2 Å². The van der Waals surface area contributed by atoms with Crippen LogP contribution in [0.1, 0.15) is 24.4 Å². The minimum absolute atomic E-state index is 0.539. The molecule has 14 heavy (non-hydrogen) atoms. The quantitative estimate of drug-likeness (QED) is 0.769. The first kappa shape index (κ1) is 9.46. The van der Waals surface area contributed by atoms with Crippen LogP contribution >= 0.6 is 0 Å². The topological polar surface area (TPSA) is 28.2 Å². The molecule has 1 aliphatic rings. The van der Waals surface area contributed by atoms with Crippen LogP contribution in [0.25, 0.3) is 0 Å². The molecule has 1 aromatic heterocycles. The highest BCUT2D eigenvalue weighted by Crippen LogP contribution is 2.24. The van der Waals surface area contributed by atoms with Gasteiger partial charge in [0.1, 0.15) is 5.82 Å². The minimum atomic E-state index is 0.539. The van der Waals surface area contributed by atoms with Gasteiger partial charge in [0.25, 0.3) is 0 Å². The SMILES string of the molecule is CN(C)c1cc([C@H]2CCCN2)ccn1. The van der Waals surface area contributed by atoms with E-state index in [1.165, 1.54) is 18.4 Å². The third kappa shape index (κ3) is 1.87. The van der Waals surface area contributed by atoms with Crippen LogP contribution in [0.3, 0.4) is 0 Å². The van der Waals surface area contributed by atoms with Crippen molar-refractivity contribution in [2.75, 3.05) is 25.5 Å². The number of hydrogen-bond donors (Lipinski definition) is 1. The smallest absolute Gasteiger partial charge is 0.128 e. The number of pyridine rings is 1. The zero-order valence-corrected chi connectivity index (χ0v) is 8.83. The third-order valence-electron chi connectivity index (χ3n) is 2.69. The highest BCUT2D eigenvalue weighted by molar-refractivity contribution is 5.40. The molecule has 0 saturated carbocycles. The fourth-order valence-electron chi connectivity index (χ4n) is 1.86. The average molecular weight is 191 g/mol. The van der Waals surface area contributed by atoms with Crippen molar-refractivity contribution in [3.05, 3.63) is 23.9 Å². The lowest BCUT2D eigenvalue weighted by molar-refractivity contribution is 0.646. The number of rotatable bonds is 2. The molecule has 0 unspecified atom stereocenters. The molecular formula is C11H17N3. The molecule has 1 aliphatic heterocycles. The predicted octanol–water partition coefficient (Wildman–Crippen LogP) is 1.57. The van der Waals surface area contributed by atoms with Crippen LogP contribution in [-0.2, 0) is 0 Å². The average Bonchev–Trinajstić information content (AvgIpc) is 2.71. The van der Waals surface area contributed by atoms with Gasteiger partial charge in [0.2, 0.25) is 0 Å². The Balaban J connectivity index is 2.21. The molecule has 0 aromatic carbocycles. The molecule has 3 nitrogen and oxygen atoms in total. The fourth-order valence-corrected chi connectivity index (χ4v) is 1.86. The van der Waals surface area contributed by atoms with Gasteiger partial charge in [0.05, 0.1) is 0 Å². The summed E-state index contributed by atoms with van der Waals surface area (Å²) in [5, 5.41) is 3.49. The zero-order valence-electron chi connectivity index (χ0n) is 8.83. The van der Waals surface area contributed by atoms with Gasteiger partial charge in [-0.05, 0) is 37.1 Å². The number of anilines is 1. The summed E-state index contributed by atoms with van der Waals surface area (Å²) < 4.78 is 0. The maximum absolute atomic E-state index is 4.31. The normalized spacial score (nSPS) is 21.1. The first-order valence-corrected chi connectivity index (χ1v) is 5.14. The maximum Gasteiger partial charge on any atom is 0.128 e. The molecule has 0 amide bonds. The number of aromatic nitrogens is 1. The summed E-state index contributed by atoms with van der Waals surface area (Å²) in [7, 11) is 4.04.